The lowest BCUT2D eigenvalue weighted by Crippen LogP contribution is -2.64. The third kappa shape index (κ3) is 3.48. The number of ether oxygens (including phenoxy) is 2. The first-order chi connectivity index (χ1) is 14.1. The molecule has 1 amide bonds. The van der Waals surface area contributed by atoms with Crippen LogP contribution in [0.3, 0.4) is 0 Å². The summed E-state index contributed by atoms with van der Waals surface area (Å²) in [5.41, 5.74) is 7.56. The molecule has 2 atom stereocenters. The Morgan fingerprint density at radius 1 is 1.17 bits per heavy atom. The molecule has 1 aromatic carbocycles. The number of hydrogen-bond acceptors (Lipinski definition) is 4. The number of nitrogens with zero attached hydrogens (tertiary/aromatic N) is 1. The number of carbonyl (C=O) groups excluding carboxylic acids is 1. The molecule has 4 aliphatic rings. The Bertz CT molecular complexity index is 757. The van der Waals surface area contributed by atoms with E-state index in [0.29, 0.717) is 22.8 Å². The minimum atomic E-state index is -0.364. The number of piperidine rings is 1. The number of likely N-dealkylation sites (tertiary alicyclic amines) is 1. The molecule has 166 valence electrons. The average Bonchev–Trinajstić information content (AvgIpc) is 2.71. The van der Waals surface area contributed by atoms with Crippen LogP contribution in [0.2, 0.25) is 0 Å². The predicted octanol–water partition coefficient (Wildman–Crippen LogP) is 3.74. The van der Waals surface area contributed by atoms with Gasteiger partial charge in [-0.15, -0.1) is 12.4 Å². The van der Waals surface area contributed by atoms with Crippen LogP contribution < -0.4 is 5.73 Å². The maximum Gasteiger partial charge on any atom is 0.248 e. The zero-order valence-corrected chi connectivity index (χ0v) is 18.8. The van der Waals surface area contributed by atoms with Gasteiger partial charge in [0.1, 0.15) is 5.60 Å². The fourth-order valence-electron chi connectivity index (χ4n) is 7.01. The Morgan fingerprint density at radius 3 is 2.43 bits per heavy atom. The standard InChI is InChI=1S/C24H34N2O3.ClH/c1-28-24(18-5-2-4-17(12-18)22(25)27)19-6-3-7-20(24)16-26(15-19)21-13-23(14-21)8-10-29-11-9-23;/h2,4-5,12,19-21H,3,6-11,13-16H2,1H3,(H2,25,27);1H. The number of carbonyl (C=O) groups is 1. The van der Waals surface area contributed by atoms with Crippen molar-refractivity contribution in [3.8, 4) is 0 Å². The highest BCUT2D eigenvalue weighted by atomic mass is 35.5. The summed E-state index contributed by atoms with van der Waals surface area (Å²) in [5, 5.41) is 0. The largest absolute Gasteiger partial charge is 0.381 e. The van der Waals surface area contributed by atoms with Gasteiger partial charge < -0.3 is 15.2 Å². The van der Waals surface area contributed by atoms with Crippen LogP contribution in [-0.2, 0) is 15.1 Å². The number of primary amides is 1. The summed E-state index contributed by atoms with van der Waals surface area (Å²) in [4.78, 5) is 14.5. The SMILES string of the molecule is COC1(c2cccc(C(N)=O)c2)C2CCCC1CN(C1CC3(CCOCC3)C1)C2.Cl. The Morgan fingerprint density at radius 2 is 1.83 bits per heavy atom. The Hall–Kier alpha value is -1.14. The molecule has 0 radical (unpaired) electrons. The van der Waals surface area contributed by atoms with Crippen LogP contribution in [0.25, 0.3) is 0 Å². The summed E-state index contributed by atoms with van der Waals surface area (Å²) in [6, 6.07) is 8.61. The van der Waals surface area contributed by atoms with Gasteiger partial charge in [0, 0.05) is 56.9 Å². The number of halogens is 1. The van der Waals surface area contributed by atoms with Gasteiger partial charge in [0.15, 0.2) is 0 Å². The van der Waals surface area contributed by atoms with Crippen molar-refractivity contribution >= 4 is 18.3 Å². The molecule has 2 aliphatic carbocycles. The molecule has 2 saturated carbocycles. The van der Waals surface area contributed by atoms with Gasteiger partial charge in [-0.3, -0.25) is 9.69 Å². The van der Waals surface area contributed by atoms with Gasteiger partial charge in [0.05, 0.1) is 0 Å². The molecular weight excluding hydrogens is 400 g/mol. The van der Waals surface area contributed by atoms with Crippen molar-refractivity contribution in [3.63, 3.8) is 0 Å². The van der Waals surface area contributed by atoms with Crippen molar-refractivity contribution < 1.29 is 14.3 Å². The summed E-state index contributed by atoms with van der Waals surface area (Å²) in [5.74, 6) is 0.570. The van der Waals surface area contributed by atoms with E-state index in [1.807, 2.05) is 25.3 Å². The summed E-state index contributed by atoms with van der Waals surface area (Å²) in [6.45, 7) is 4.09. The van der Waals surface area contributed by atoms with E-state index in [2.05, 4.69) is 11.0 Å². The van der Waals surface area contributed by atoms with Crippen molar-refractivity contribution in [2.24, 2.45) is 23.0 Å². The molecule has 2 N–H and O–H groups in total. The van der Waals surface area contributed by atoms with Gasteiger partial charge in [-0.05, 0) is 61.6 Å². The van der Waals surface area contributed by atoms with Crippen molar-refractivity contribution in [1.29, 1.82) is 0 Å². The van der Waals surface area contributed by atoms with Gasteiger partial charge in [0.25, 0.3) is 0 Å². The molecule has 30 heavy (non-hydrogen) atoms. The van der Waals surface area contributed by atoms with E-state index in [1.165, 1.54) is 44.9 Å². The molecule has 1 spiro atoms. The second-order valence-corrected chi connectivity index (χ2v) is 9.90. The second kappa shape index (κ2) is 8.42. The Kier molecular flexibility index (Phi) is 6.19. The molecule has 2 heterocycles. The van der Waals surface area contributed by atoms with E-state index in [4.69, 9.17) is 15.2 Å². The maximum absolute atomic E-state index is 11.8. The van der Waals surface area contributed by atoms with E-state index in [9.17, 15) is 4.79 Å². The van der Waals surface area contributed by atoms with Crippen molar-refractivity contribution in [3.05, 3.63) is 35.4 Å². The fraction of sp³-hybridized carbons (Fsp3) is 0.708. The first-order valence-corrected chi connectivity index (χ1v) is 11.3. The lowest BCUT2D eigenvalue weighted by molar-refractivity contribution is -0.188. The van der Waals surface area contributed by atoms with Crippen LogP contribution >= 0.6 is 12.4 Å². The van der Waals surface area contributed by atoms with E-state index in [-0.39, 0.29) is 23.9 Å². The average molecular weight is 435 g/mol. The number of hydrogen-bond donors (Lipinski definition) is 1. The third-order valence-electron chi connectivity index (χ3n) is 8.57. The number of fused-ring (bicyclic) bond motifs is 2. The van der Waals surface area contributed by atoms with E-state index < -0.39 is 0 Å². The number of amides is 1. The molecule has 2 bridgehead atoms. The minimum absolute atomic E-state index is 0. The summed E-state index contributed by atoms with van der Waals surface area (Å²) < 4.78 is 12.0. The van der Waals surface area contributed by atoms with Crippen LogP contribution in [0.4, 0.5) is 0 Å². The van der Waals surface area contributed by atoms with Crippen LogP contribution in [0, 0.1) is 17.3 Å². The molecular formula is C24H35ClN2O3. The van der Waals surface area contributed by atoms with E-state index >= 15 is 0 Å². The van der Waals surface area contributed by atoms with Crippen LogP contribution in [0.5, 0.6) is 0 Å². The summed E-state index contributed by atoms with van der Waals surface area (Å²) in [6.07, 6.45) is 8.81. The lowest BCUT2D eigenvalue weighted by atomic mass is 9.58. The molecule has 0 aromatic heterocycles. The maximum atomic E-state index is 11.8. The highest BCUT2D eigenvalue weighted by molar-refractivity contribution is 5.92. The summed E-state index contributed by atoms with van der Waals surface area (Å²) in [7, 11) is 1.86. The van der Waals surface area contributed by atoms with Gasteiger partial charge in [-0.25, -0.2) is 0 Å². The monoisotopic (exact) mass is 434 g/mol. The topological polar surface area (TPSA) is 64.8 Å². The normalized spacial score (nSPS) is 33.5. The number of rotatable bonds is 4. The predicted molar refractivity (Wildman–Crippen MR) is 119 cm³/mol. The van der Waals surface area contributed by atoms with Gasteiger partial charge >= 0.3 is 0 Å². The first kappa shape index (κ1) is 22.1. The van der Waals surface area contributed by atoms with Gasteiger partial charge in [0.2, 0.25) is 5.91 Å². The van der Waals surface area contributed by atoms with Crippen LogP contribution in [0.15, 0.2) is 24.3 Å². The molecule has 2 aliphatic heterocycles. The van der Waals surface area contributed by atoms with E-state index in [1.54, 1.807) is 0 Å². The molecule has 5 nitrogen and oxygen atoms in total. The second-order valence-electron chi connectivity index (χ2n) is 9.90. The highest BCUT2D eigenvalue weighted by Crippen LogP contribution is 2.56. The van der Waals surface area contributed by atoms with Gasteiger partial charge in [-0.2, -0.15) is 0 Å². The molecule has 2 saturated heterocycles. The van der Waals surface area contributed by atoms with Crippen LogP contribution in [-0.4, -0.2) is 50.3 Å². The quantitative estimate of drug-likeness (QED) is 0.783. The highest BCUT2D eigenvalue weighted by Gasteiger charge is 2.56. The molecule has 2 unspecified atom stereocenters. The smallest absolute Gasteiger partial charge is 0.248 e. The number of methoxy groups -OCH3 is 1. The Labute approximate surface area is 186 Å². The Balaban J connectivity index is 0.00000218. The minimum Gasteiger partial charge on any atom is -0.381 e. The molecule has 4 fully saturated rings. The van der Waals surface area contributed by atoms with Gasteiger partial charge in [-0.1, -0.05) is 18.6 Å². The number of benzene rings is 1. The first-order valence-electron chi connectivity index (χ1n) is 11.3. The lowest BCUT2D eigenvalue weighted by Gasteiger charge is -2.61. The van der Waals surface area contributed by atoms with Crippen molar-refractivity contribution in [2.75, 3.05) is 33.4 Å². The van der Waals surface area contributed by atoms with Crippen LogP contribution in [0.1, 0.15) is 60.9 Å². The molecule has 6 heteroatoms. The molecule has 1 aromatic rings. The third-order valence-corrected chi connectivity index (χ3v) is 8.57. The number of nitrogens with two attached hydrogens (primary N) is 1. The van der Waals surface area contributed by atoms with Crippen molar-refractivity contribution in [2.45, 2.75) is 56.6 Å². The van der Waals surface area contributed by atoms with Crippen molar-refractivity contribution in [1.82, 2.24) is 4.90 Å². The zero-order valence-electron chi connectivity index (χ0n) is 18.0. The fourth-order valence-corrected chi connectivity index (χ4v) is 7.01. The zero-order chi connectivity index (χ0) is 20.1. The summed E-state index contributed by atoms with van der Waals surface area (Å²) >= 11 is 0. The molecule has 5 rings (SSSR count). The van der Waals surface area contributed by atoms with E-state index in [0.717, 1.165) is 37.9 Å².